The summed E-state index contributed by atoms with van der Waals surface area (Å²) in [4.78, 5) is 8.93. The summed E-state index contributed by atoms with van der Waals surface area (Å²) in [6, 6.07) is 0. The van der Waals surface area contributed by atoms with Crippen molar-refractivity contribution in [2.45, 2.75) is 66.8 Å². The molecule has 1 unspecified atom stereocenters. The zero-order valence-corrected chi connectivity index (χ0v) is 14.8. The summed E-state index contributed by atoms with van der Waals surface area (Å²) in [5.41, 5.74) is 0.939. The number of nitrogens with one attached hydrogen (secondary N) is 2. The van der Waals surface area contributed by atoms with Crippen LogP contribution in [0.2, 0.25) is 0 Å². The fraction of sp³-hybridized carbons (Fsp3) is 0.765. The average molecular weight is 308 g/mol. The standard InChI is InChI=1S/C17H32N4O/c1-6-9-10-15(7-2)11-19-17(18-8-3)20-12-16-21-13(4)14(5)22-16/h15H,6-12H2,1-5H3,(H2,18,19,20). The van der Waals surface area contributed by atoms with E-state index in [1.807, 2.05) is 13.8 Å². The lowest BCUT2D eigenvalue weighted by Crippen LogP contribution is -2.39. The highest BCUT2D eigenvalue weighted by molar-refractivity contribution is 5.79. The van der Waals surface area contributed by atoms with Gasteiger partial charge in [0.2, 0.25) is 5.89 Å². The smallest absolute Gasteiger partial charge is 0.216 e. The summed E-state index contributed by atoms with van der Waals surface area (Å²) < 4.78 is 5.57. The summed E-state index contributed by atoms with van der Waals surface area (Å²) in [5, 5.41) is 6.72. The quantitative estimate of drug-likeness (QED) is 0.541. The van der Waals surface area contributed by atoms with Crippen molar-refractivity contribution in [1.29, 1.82) is 0 Å². The van der Waals surface area contributed by atoms with Crippen LogP contribution in [0.15, 0.2) is 9.41 Å². The third-order valence-electron chi connectivity index (χ3n) is 3.89. The Labute approximate surface area is 135 Å². The summed E-state index contributed by atoms with van der Waals surface area (Å²) in [7, 11) is 0. The van der Waals surface area contributed by atoms with Crippen LogP contribution >= 0.6 is 0 Å². The average Bonchev–Trinajstić information content (AvgIpc) is 2.83. The van der Waals surface area contributed by atoms with E-state index < -0.39 is 0 Å². The number of aliphatic imine (C=N–C) groups is 1. The van der Waals surface area contributed by atoms with E-state index in [9.17, 15) is 0 Å². The van der Waals surface area contributed by atoms with Crippen molar-refractivity contribution in [3.05, 3.63) is 17.3 Å². The molecule has 0 aliphatic rings. The van der Waals surface area contributed by atoms with E-state index in [1.54, 1.807) is 0 Å². The second kappa shape index (κ2) is 10.2. The third-order valence-corrected chi connectivity index (χ3v) is 3.89. The zero-order valence-electron chi connectivity index (χ0n) is 14.8. The molecule has 0 aliphatic heterocycles. The van der Waals surface area contributed by atoms with Crippen LogP contribution in [-0.4, -0.2) is 24.0 Å². The molecule has 1 aromatic heterocycles. The molecule has 1 heterocycles. The van der Waals surface area contributed by atoms with Gasteiger partial charge in [0.1, 0.15) is 12.3 Å². The SMILES string of the molecule is CCCCC(CC)CNC(=NCc1nc(C)c(C)o1)NCC. The lowest BCUT2D eigenvalue weighted by molar-refractivity contribution is 0.442. The van der Waals surface area contributed by atoms with Crippen molar-refractivity contribution in [3.8, 4) is 0 Å². The Morgan fingerprint density at radius 2 is 2.00 bits per heavy atom. The Balaban J connectivity index is 2.54. The van der Waals surface area contributed by atoms with E-state index in [0.717, 1.165) is 30.5 Å². The monoisotopic (exact) mass is 308 g/mol. The van der Waals surface area contributed by atoms with Gasteiger partial charge < -0.3 is 15.1 Å². The molecule has 0 saturated heterocycles. The Hall–Kier alpha value is -1.52. The number of unbranched alkanes of at least 4 members (excludes halogenated alkanes) is 1. The van der Waals surface area contributed by atoms with Crippen molar-refractivity contribution >= 4 is 5.96 Å². The molecule has 5 nitrogen and oxygen atoms in total. The molecular weight excluding hydrogens is 276 g/mol. The van der Waals surface area contributed by atoms with E-state index in [0.29, 0.717) is 18.4 Å². The molecule has 0 amide bonds. The van der Waals surface area contributed by atoms with Gasteiger partial charge in [-0.25, -0.2) is 9.98 Å². The van der Waals surface area contributed by atoms with Crippen molar-refractivity contribution < 1.29 is 4.42 Å². The number of aryl methyl sites for hydroxylation is 2. The molecule has 0 aromatic carbocycles. The Morgan fingerprint density at radius 1 is 1.23 bits per heavy atom. The van der Waals surface area contributed by atoms with Gasteiger partial charge in [0.25, 0.3) is 0 Å². The molecule has 1 atom stereocenters. The molecular formula is C17H32N4O. The molecule has 22 heavy (non-hydrogen) atoms. The molecule has 126 valence electrons. The predicted molar refractivity (Wildman–Crippen MR) is 92.1 cm³/mol. The molecule has 5 heteroatoms. The van der Waals surface area contributed by atoms with E-state index in [4.69, 9.17) is 4.42 Å². The van der Waals surface area contributed by atoms with Crippen LogP contribution in [0, 0.1) is 19.8 Å². The number of guanidine groups is 1. The molecule has 0 bridgehead atoms. The van der Waals surface area contributed by atoms with Gasteiger partial charge in [0.05, 0.1) is 5.69 Å². The maximum atomic E-state index is 5.57. The fourth-order valence-electron chi connectivity index (χ4n) is 2.28. The number of rotatable bonds is 9. The number of hydrogen-bond acceptors (Lipinski definition) is 3. The minimum atomic E-state index is 0.468. The first kappa shape index (κ1) is 18.5. The maximum absolute atomic E-state index is 5.57. The van der Waals surface area contributed by atoms with E-state index in [-0.39, 0.29) is 0 Å². The minimum Gasteiger partial charge on any atom is -0.444 e. The van der Waals surface area contributed by atoms with E-state index in [2.05, 4.69) is 41.4 Å². The van der Waals surface area contributed by atoms with Crippen LogP contribution in [0.25, 0.3) is 0 Å². The fourth-order valence-corrected chi connectivity index (χ4v) is 2.28. The van der Waals surface area contributed by atoms with Crippen molar-refractivity contribution in [3.63, 3.8) is 0 Å². The van der Waals surface area contributed by atoms with Gasteiger partial charge in [-0.15, -0.1) is 0 Å². The lowest BCUT2D eigenvalue weighted by Gasteiger charge is -2.17. The van der Waals surface area contributed by atoms with Gasteiger partial charge in [0, 0.05) is 13.1 Å². The van der Waals surface area contributed by atoms with Crippen molar-refractivity contribution in [1.82, 2.24) is 15.6 Å². The molecule has 0 fully saturated rings. The van der Waals surface area contributed by atoms with Gasteiger partial charge in [-0.3, -0.25) is 0 Å². The van der Waals surface area contributed by atoms with Crippen molar-refractivity contribution in [2.24, 2.45) is 10.9 Å². The topological polar surface area (TPSA) is 62.5 Å². The third kappa shape index (κ3) is 6.50. The van der Waals surface area contributed by atoms with Gasteiger partial charge in [-0.1, -0.05) is 33.1 Å². The van der Waals surface area contributed by atoms with E-state index in [1.165, 1.54) is 25.7 Å². The second-order valence-electron chi connectivity index (χ2n) is 5.74. The van der Waals surface area contributed by atoms with E-state index >= 15 is 0 Å². The highest BCUT2D eigenvalue weighted by atomic mass is 16.4. The second-order valence-corrected chi connectivity index (χ2v) is 5.74. The van der Waals surface area contributed by atoms with Crippen LogP contribution in [0.4, 0.5) is 0 Å². The van der Waals surface area contributed by atoms with Crippen LogP contribution < -0.4 is 10.6 Å². The van der Waals surface area contributed by atoms with Crippen molar-refractivity contribution in [2.75, 3.05) is 13.1 Å². The largest absolute Gasteiger partial charge is 0.444 e. The summed E-state index contributed by atoms with van der Waals surface area (Å²) >= 11 is 0. The molecule has 1 aromatic rings. The number of aromatic nitrogens is 1. The highest BCUT2D eigenvalue weighted by Crippen LogP contribution is 2.11. The molecule has 0 spiro atoms. The molecule has 0 radical (unpaired) electrons. The Morgan fingerprint density at radius 3 is 2.55 bits per heavy atom. The van der Waals surface area contributed by atoms with Crippen LogP contribution in [-0.2, 0) is 6.54 Å². The number of oxazole rings is 1. The first-order chi connectivity index (χ1) is 10.6. The Bertz CT molecular complexity index is 434. The minimum absolute atomic E-state index is 0.468. The lowest BCUT2D eigenvalue weighted by atomic mass is 9.99. The highest BCUT2D eigenvalue weighted by Gasteiger charge is 2.08. The molecule has 0 aliphatic carbocycles. The zero-order chi connectivity index (χ0) is 16.4. The molecule has 0 saturated carbocycles. The van der Waals surface area contributed by atoms with Crippen LogP contribution in [0.3, 0.4) is 0 Å². The molecule has 2 N–H and O–H groups in total. The predicted octanol–water partition coefficient (Wildman–Crippen LogP) is 3.56. The van der Waals surface area contributed by atoms with Gasteiger partial charge in [-0.05, 0) is 33.1 Å². The van der Waals surface area contributed by atoms with Gasteiger partial charge in [-0.2, -0.15) is 0 Å². The maximum Gasteiger partial charge on any atom is 0.216 e. The van der Waals surface area contributed by atoms with Crippen LogP contribution in [0.5, 0.6) is 0 Å². The number of hydrogen-bond donors (Lipinski definition) is 2. The first-order valence-corrected chi connectivity index (χ1v) is 8.55. The molecule has 1 rings (SSSR count). The Kier molecular flexibility index (Phi) is 8.63. The van der Waals surface area contributed by atoms with Gasteiger partial charge >= 0.3 is 0 Å². The first-order valence-electron chi connectivity index (χ1n) is 8.55. The summed E-state index contributed by atoms with van der Waals surface area (Å²) in [6.07, 6.45) is 5.03. The summed E-state index contributed by atoms with van der Waals surface area (Å²) in [6.45, 7) is 12.7. The summed E-state index contributed by atoms with van der Waals surface area (Å²) in [5.74, 6) is 3.08. The van der Waals surface area contributed by atoms with Gasteiger partial charge in [0.15, 0.2) is 5.96 Å². The normalized spacial score (nSPS) is 13.2. The van der Waals surface area contributed by atoms with Crippen LogP contribution in [0.1, 0.15) is 63.8 Å². The number of nitrogens with zero attached hydrogens (tertiary/aromatic N) is 2.